The molecule has 0 saturated heterocycles. The Morgan fingerprint density at radius 1 is 1.18 bits per heavy atom. The van der Waals surface area contributed by atoms with E-state index in [0.717, 1.165) is 17.1 Å². The van der Waals surface area contributed by atoms with Gasteiger partial charge in [0.2, 0.25) is 0 Å². The SMILES string of the molecule is Cc1cc(C)n(C(=O)c2sc(Nc3ccccc3)nc2C)n1. The van der Waals surface area contributed by atoms with E-state index in [-0.39, 0.29) is 5.91 Å². The Balaban J connectivity index is 1.89. The number of benzene rings is 1. The van der Waals surface area contributed by atoms with Crippen molar-refractivity contribution >= 4 is 28.1 Å². The van der Waals surface area contributed by atoms with Crippen LogP contribution in [0.1, 0.15) is 26.8 Å². The number of hydrogen-bond acceptors (Lipinski definition) is 5. The summed E-state index contributed by atoms with van der Waals surface area (Å²) in [5.41, 5.74) is 3.31. The van der Waals surface area contributed by atoms with E-state index in [1.54, 1.807) is 0 Å². The minimum atomic E-state index is -0.137. The first kappa shape index (κ1) is 14.5. The van der Waals surface area contributed by atoms with Crippen LogP contribution in [0, 0.1) is 20.8 Å². The highest BCUT2D eigenvalue weighted by Crippen LogP contribution is 2.26. The van der Waals surface area contributed by atoms with Crippen molar-refractivity contribution < 1.29 is 4.79 Å². The predicted molar refractivity (Wildman–Crippen MR) is 88.0 cm³/mol. The quantitative estimate of drug-likeness (QED) is 0.801. The number of rotatable bonds is 3. The molecule has 0 amide bonds. The minimum absolute atomic E-state index is 0.137. The Morgan fingerprint density at radius 3 is 2.55 bits per heavy atom. The lowest BCUT2D eigenvalue weighted by Crippen LogP contribution is -2.14. The van der Waals surface area contributed by atoms with Crippen molar-refractivity contribution in [2.24, 2.45) is 0 Å². The van der Waals surface area contributed by atoms with Gasteiger partial charge in [0.1, 0.15) is 4.88 Å². The normalized spacial score (nSPS) is 10.7. The van der Waals surface area contributed by atoms with E-state index >= 15 is 0 Å². The molecule has 0 radical (unpaired) electrons. The van der Waals surface area contributed by atoms with Crippen molar-refractivity contribution in [1.82, 2.24) is 14.8 Å². The Kier molecular flexibility index (Phi) is 3.77. The molecule has 0 saturated carbocycles. The van der Waals surface area contributed by atoms with Gasteiger partial charge in [0.15, 0.2) is 5.13 Å². The zero-order valence-corrected chi connectivity index (χ0v) is 13.4. The van der Waals surface area contributed by atoms with Gasteiger partial charge in [-0.25, -0.2) is 9.67 Å². The van der Waals surface area contributed by atoms with Crippen LogP contribution in [0.4, 0.5) is 10.8 Å². The second-order valence-electron chi connectivity index (χ2n) is 5.07. The Bertz CT molecular complexity index is 820. The third kappa shape index (κ3) is 2.78. The average molecular weight is 312 g/mol. The van der Waals surface area contributed by atoms with E-state index in [2.05, 4.69) is 15.4 Å². The maximum Gasteiger partial charge on any atom is 0.290 e. The van der Waals surface area contributed by atoms with Crippen LogP contribution in [0.25, 0.3) is 0 Å². The number of nitrogens with one attached hydrogen (secondary N) is 1. The molecular weight excluding hydrogens is 296 g/mol. The fraction of sp³-hybridized carbons (Fsp3) is 0.188. The van der Waals surface area contributed by atoms with E-state index in [9.17, 15) is 4.79 Å². The van der Waals surface area contributed by atoms with Gasteiger partial charge in [0.05, 0.1) is 11.4 Å². The molecule has 22 heavy (non-hydrogen) atoms. The lowest BCUT2D eigenvalue weighted by atomic mass is 10.3. The van der Waals surface area contributed by atoms with Crippen molar-refractivity contribution in [3.63, 3.8) is 0 Å². The highest BCUT2D eigenvalue weighted by Gasteiger charge is 2.19. The highest BCUT2D eigenvalue weighted by molar-refractivity contribution is 7.17. The number of thiazole rings is 1. The van der Waals surface area contributed by atoms with Gasteiger partial charge in [0.25, 0.3) is 5.91 Å². The molecule has 5 nitrogen and oxygen atoms in total. The van der Waals surface area contributed by atoms with E-state index in [1.165, 1.54) is 16.0 Å². The second kappa shape index (κ2) is 5.73. The summed E-state index contributed by atoms with van der Waals surface area (Å²) in [6.45, 7) is 5.59. The third-order valence-electron chi connectivity index (χ3n) is 3.22. The number of para-hydroxylation sites is 1. The molecule has 0 aliphatic heterocycles. The fourth-order valence-corrected chi connectivity index (χ4v) is 3.14. The smallest absolute Gasteiger partial charge is 0.290 e. The number of aromatic nitrogens is 3. The molecule has 6 heteroatoms. The molecule has 0 unspecified atom stereocenters. The first-order valence-corrected chi connectivity index (χ1v) is 7.73. The zero-order valence-electron chi connectivity index (χ0n) is 12.6. The highest BCUT2D eigenvalue weighted by atomic mass is 32.1. The van der Waals surface area contributed by atoms with Crippen LogP contribution in [-0.2, 0) is 0 Å². The van der Waals surface area contributed by atoms with Crippen LogP contribution in [0.3, 0.4) is 0 Å². The fourth-order valence-electron chi connectivity index (χ4n) is 2.22. The standard InChI is InChI=1S/C16H16N4OS/c1-10-9-11(2)20(19-10)15(21)14-12(3)17-16(22-14)18-13-7-5-4-6-8-13/h4-9H,1-3H3,(H,17,18). The van der Waals surface area contributed by atoms with Crippen molar-refractivity contribution in [3.05, 3.63) is 58.4 Å². The molecule has 0 fully saturated rings. The Morgan fingerprint density at radius 2 is 1.91 bits per heavy atom. The summed E-state index contributed by atoms with van der Waals surface area (Å²) in [6, 6.07) is 11.7. The number of aryl methyl sites for hydroxylation is 3. The van der Waals surface area contributed by atoms with E-state index in [4.69, 9.17) is 0 Å². The third-order valence-corrected chi connectivity index (χ3v) is 4.28. The molecule has 0 atom stereocenters. The van der Waals surface area contributed by atoms with Gasteiger partial charge < -0.3 is 5.32 Å². The lowest BCUT2D eigenvalue weighted by molar-refractivity contribution is 0.0945. The summed E-state index contributed by atoms with van der Waals surface area (Å²) in [5, 5.41) is 8.17. The Labute approximate surface area is 132 Å². The van der Waals surface area contributed by atoms with Crippen LogP contribution >= 0.6 is 11.3 Å². The van der Waals surface area contributed by atoms with Gasteiger partial charge in [-0.15, -0.1) is 0 Å². The van der Waals surface area contributed by atoms with Gasteiger partial charge in [-0.3, -0.25) is 4.79 Å². The second-order valence-corrected chi connectivity index (χ2v) is 6.07. The van der Waals surface area contributed by atoms with E-state index in [1.807, 2.05) is 57.2 Å². The number of anilines is 2. The van der Waals surface area contributed by atoms with Gasteiger partial charge in [-0.05, 0) is 39.0 Å². The van der Waals surface area contributed by atoms with Gasteiger partial charge in [-0.1, -0.05) is 29.5 Å². The van der Waals surface area contributed by atoms with Crippen LogP contribution in [0.5, 0.6) is 0 Å². The van der Waals surface area contributed by atoms with Gasteiger partial charge >= 0.3 is 0 Å². The molecule has 0 bridgehead atoms. The number of nitrogens with zero attached hydrogens (tertiary/aromatic N) is 3. The summed E-state index contributed by atoms with van der Waals surface area (Å²) in [5.74, 6) is -0.137. The molecule has 3 rings (SSSR count). The van der Waals surface area contributed by atoms with E-state index < -0.39 is 0 Å². The topological polar surface area (TPSA) is 59.8 Å². The van der Waals surface area contributed by atoms with Crippen molar-refractivity contribution in [3.8, 4) is 0 Å². The maximum atomic E-state index is 12.6. The number of carbonyl (C=O) groups is 1. The zero-order chi connectivity index (χ0) is 15.7. The Hall–Kier alpha value is -2.47. The number of hydrogen-bond donors (Lipinski definition) is 1. The largest absolute Gasteiger partial charge is 0.332 e. The molecule has 0 aliphatic rings. The summed E-state index contributed by atoms with van der Waals surface area (Å²) < 4.78 is 1.43. The van der Waals surface area contributed by atoms with Crippen LogP contribution < -0.4 is 5.32 Å². The number of carbonyl (C=O) groups excluding carboxylic acids is 1. The van der Waals surface area contributed by atoms with Crippen molar-refractivity contribution in [2.75, 3.05) is 5.32 Å². The van der Waals surface area contributed by atoms with Crippen LogP contribution in [0.15, 0.2) is 36.4 Å². The summed E-state index contributed by atoms with van der Waals surface area (Å²) in [4.78, 5) is 17.6. The molecule has 1 N–H and O–H groups in total. The molecule has 112 valence electrons. The predicted octanol–water partition coefficient (Wildman–Crippen LogP) is 3.70. The van der Waals surface area contributed by atoms with Crippen molar-refractivity contribution in [2.45, 2.75) is 20.8 Å². The molecule has 0 aliphatic carbocycles. The molecule has 2 aromatic heterocycles. The molecule has 2 heterocycles. The summed E-state index contributed by atoms with van der Waals surface area (Å²) >= 11 is 1.34. The minimum Gasteiger partial charge on any atom is -0.332 e. The lowest BCUT2D eigenvalue weighted by Gasteiger charge is -2.01. The maximum absolute atomic E-state index is 12.6. The molecule has 0 spiro atoms. The molecular formula is C16H16N4OS. The van der Waals surface area contributed by atoms with Crippen LogP contribution in [-0.4, -0.2) is 20.7 Å². The summed E-state index contributed by atoms with van der Waals surface area (Å²) in [7, 11) is 0. The first-order chi connectivity index (χ1) is 10.5. The molecule has 3 aromatic rings. The first-order valence-electron chi connectivity index (χ1n) is 6.92. The molecule has 1 aromatic carbocycles. The van der Waals surface area contributed by atoms with Crippen LogP contribution in [0.2, 0.25) is 0 Å². The monoisotopic (exact) mass is 312 g/mol. The average Bonchev–Trinajstić information content (AvgIpc) is 3.01. The van der Waals surface area contributed by atoms with Gasteiger partial charge in [-0.2, -0.15) is 5.10 Å². The van der Waals surface area contributed by atoms with Crippen molar-refractivity contribution in [1.29, 1.82) is 0 Å². The van der Waals surface area contributed by atoms with Gasteiger partial charge in [0, 0.05) is 11.4 Å². The van der Waals surface area contributed by atoms with E-state index in [0.29, 0.717) is 15.7 Å². The summed E-state index contributed by atoms with van der Waals surface area (Å²) in [6.07, 6.45) is 0.